The Kier molecular flexibility index (Phi) is 5.45. The van der Waals surface area contributed by atoms with Gasteiger partial charge in [-0.25, -0.2) is 0 Å². The van der Waals surface area contributed by atoms with Gasteiger partial charge in [-0.3, -0.25) is 4.79 Å². The van der Waals surface area contributed by atoms with Gasteiger partial charge in [0.1, 0.15) is 5.37 Å². The van der Waals surface area contributed by atoms with Crippen molar-refractivity contribution in [3.8, 4) is 0 Å². The first-order chi connectivity index (χ1) is 12.6. The van der Waals surface area contributed by atoms with Crippen LogP contribution in [0.25, 0.3) is 0 Å². The van der Waals surface area contributed by atoms with Crippen LogP contribution in [0.2, 0.25) is 0 Å². The normalized spacial score (nSPS) is 18.0. The number of rotatable bonds is 2. The minimum absolute atomic E-state index is 0.0996. The van der Waals surface area contributed by atoms with Crippen molar-refractivity contribution in [2.45, 2.75) is 57.7 Å². The summed E-state index contributed by atoms with van der Waals surface area (Å²) in [5.74, 6) is 1.11. The lowest BCUT2D eigenvalue weighted by atomic mass is 9.86. The van der Waals surface area contributed by atoms with Crippen LogP contribution < -0.4 is 0 Å². The molecule has 0 unspecified atom stereocenters. The molecule has 1 aliphatic rings. The molecule has 1 fully saturated rings. The quantitative estimate of drug-likeness (QED) is 0.620. The van der Waals surface area contributed by atoms with Crippen molar-refractivity contribution in [2.24, 2.45) is 0 Å². The van der Waals surface area contributed by atoms with E-state index in [1.54, 1.807) is 0 Å². The number of thioether (sulfide) groups is 1. The summed E-state index contributed by atoms with van der Waals surface area (Å²) in [5.41, 5.74) is 4.81. The van der Waals surface area contributed by atoms with E-state index in [1.165, 1.54) is 16.7 Å². The molecular formula is C24H31NOS. The van der Waals surface area contributed by atoms with Gasteiger partial charge in [-0.2, -0.15) is 0 Å². The van der Waals surface area contributed by atoms with Gasteiger partial charge in [-0.15, -0.1) is 11.8 Å². The molecular weight excluding hydrogens is 350 g/mol. The topological polar surface area (TPSA) is 20.3 Å². The third-order valence-electron chi connectivity index (χ3n) is 5.21. The lowest BCUT2D eigenvalue weighted by Gasteiger charge is -2.26. The Morgan fingerprint density at radius 3 is 1.81 bits per heavy atom. The van der Waals surface area contributed by atoms with Crippen LogP contribution in [0.1, 0.15) is 74.0 Å². The van der Waals surface area contributed by atoms with Crippen molar-refractivity contribution in [1.82, 2.24) is 4.90 Å². The average molecular weight is 382 g/mol. The predicted octanol–water partition coefficient (Wildman–Crippen LogP) is 6.17. The zero-order valence-electron chi connectivity index (χ0n) is 17.4. The van der Waals surface area contributed by atoms with E-state index in [9.17, 15) is 4.79 Å². The van der Waals surface area contributed by atoms with Crippen molar-refractivity contribution in [3.05, 3.63) is 70.8 Å². The van der Waals surface area contributed by atoms with Gasteiger partial charge in [0.15, 0.2) is 0 Å². The van der Waals surface area contributed by atoms with Gasteiger partial charge in [-0.1, -0.05) is 77.9 Å². The number of carbonyl (C=O) groups is 1. The number of carbonyl (C=O) groups excluding carboxylic acids is 1. The molecule has 0 N–H and O–H groups in total. The second-order valence-corrected chi connectivity index (χ2v) is 10.6. The smallest absolute Gasteiger partial charge is 0.255 e. The third kappa shape index (κ3) is 4.40. The summed E-state index contributed by atoms with van der Waals surface area (Å²) in [6, 6.07) is 16.9. The van der Waals surface area contributed by atoms with Gasteiger partial charge in [0, 0.05) is 17.9 Å². The van der Waals surface area contributed by atoms with Gasteiger partial charge in [0.05, 0.1) is 0 Å². The molecule has 1 atom stereocenters. The van der Waals surface area contributed by atoms with Crippen molar-refractivity contribution in [3.63, 3.8) is 0 Å². The Labute approximate surface area is 168 Å². The number of nitrogens with zero attached hydrogens (tertiary/aromatic N) is 1. The molecule has 3 rings (SSSR count). The van der Waals surface area contributed by atoms with Crippen LogP contribution in [0.15, 0.2) is 48.5 Å². The van der Waals surface area contributed by atoms with Crippen molar-refractivity contribution >= 4 is 17.7 Å². The number of amides is 1. The molecule has 0 spiro atoms. The van der Waals surface area contributed by atoms with Crippen molar-refractivity contribution in [2.75, 3.05) is 12.3 Å². The Balaban J connectivity index is 1.80. The summed E-state index contributed by atoms with van der Waals surface area (Å²) in [6.45, 7) is 14.1. The average Bonchev–Trinajstić information content (AvgIpc) is 3.09. The second kappa shape index (κ2) is 7.35. The SMILES string of the molecule is CC(C)(C)c1ccc(C(=O)N2CCS[C@@H]2c2ccc(C(C)(C)C)cc2)cc1. The molecule has 1 aliphatic heterocycles. The molecule has 2 nitrogen and oxygen atoms in total. The second-order valence-electron chi connectivity index (χ2n) is 9.42. The Bertz CT molecular complexity index is 794. The van der Waals surface area contributed by atoms with Gasteiger partial charge >= 0.3 is 0 Å². The van der Waals surface area contributed by atoms with E-state index in [4.69, 9.17) is 0 Å². The lowest BCUT2D eigenvalue weighted by Crippen LogP contribution is -2.30. The third-order valence-corrected chi connectivity index (χ3v) is 6.47. The molecule has 3 heteroatoms. The lowest BCUT2D eigenvalue weighted by molar-refractivity contribution is 0.0760. The molecule has 0 aliphatic carbocycles. The van der Waals surface area contributed by atoms with E-state index in [1.807, 2.05) is 28.8 Å². The number of benzene rings is 2. The monoisotopic (exact) mass is 381 g/mol. The summed E-state index contributed by atoms with van der Waals surface area (Å²) in [7, 11) is 0. The predicted molar refractivity (Wildman–Crippen MR) is 117 cm³/mol. The maximum Gasteiger partial charge on any atom is 0.255 e. The van der Waals surface area contributed by atoms with E-state index in [2.05, 4.69) is 77.9 Å². The summed E-state index contributed by atoms with van der Waals surface area (Å²) < 4.78 is 0. The number of hydrogen-bond acceptors (Lipinski definition) is 2. The first-order valence-corrected chi connectivity index (χ1v) is 10.8. The maximum absolute atomic E-state index is 13.1. The fourth-order valence-corrected chi connectivity index (χ4v) is 4.64. The highest BCUT2D eigenvalue weighted by Crippen LogP contribution is 2.39. The highest BCUT2D eigenvalue weighted by atomic mass is 32.2. The number of hydrogen-bond donors (Lipinski definition) is 0. The Morgan fingerprint density at radius 1 is 0.852 bits per heavy atom. The molecule has 144 valence electrons. The summed E-state index contributed by atoms with van der Waals surface area (Å²) in [4.78, 5) is 15.1. The zero-order valence-corrected chi connectivity index (χ0v) is 18.2. The van der Waals surface area contributed by atoms with Crippen LogP contribution in [-0.4, -0.2) is 23.1 Å². The zero-order chi connectivity index (χ0) is 19.8. The van der Waals surface area contributed by atoms with Crippen LogP contribution in [0, 0.1) is 0 Å². The van der Waals surface area contributed by atoms with Gasteiger partial charge in [-0.05, 0) is 39.7 Å². The largest absolute Gasteiger partial charge is 0.322 e. The fourth-order valence-electron chi connectivity index (χ4n) is 3.38. The van der Waals surface area contributed by atoms with Crippen molar-refractivity contribution in [1.29, 1.82) is 0 Å². The van der Waals surface area contributed by atoms with Crippen molar-refractivity contribution < 1.29 is 4.79 Å². The minimum Gasteiger partial charge on any atom is -0.322 e. The van der Waals surface area contributed by atoms with E-state index in [-0.39, 0.29) is 22.1 Å². The first-order valence-electron chi connectivity index (χ1n) is 9.71. The Hall–Kier alpha value is -1.74. The van der Waals surface area contributed by atoms with Gasteiger partial charge in [0.25, 0.3) is 5.91 Å². The van der Waals surface area contributed by atoms with Crippen LogP contribution in [0.3, 0.4) is 0 Å². The summed E-state index contributed by atoms with van der Waals surface area (Å²) >= 11 is 1.85. The molecule has 1 amide bonds. The molecule has 2 aromatic rings. The Morgan fingerprint density at radius 2 is 1.33 bits per heavy atom. The van der Waals surface area contributed by atoms with E-state index in [0.717, 1.165) is 17.9 Å². The molecule has 27 heavy (non-hydrogen) atoms. The standard InChI is InChI=1S/C24H31NOS/c1-23(2,3)19-11-7-17(8-12-19)21(26)25-15-16-27-22(25)18-9-13-20(14-10-18)24(4,5)6/h7-14,22H,15-16H2,1-6H3/t22-/m1/s1. The highest BCUT2D eigenvalue weighted by Gasteiger charge is 2.31. The molecule has 0 bridgehead atoms. The van der Waals surface area contributed by atoms with Gasteiger partial charge in [0.2, 0.25) is 0 Å². The molecule has 0 aromatic heterocycles. The van der Waals surface area contributed by atoms with Crippen LogP contribution in [-0.2, 0) is 10.8 Å². The minimum atomic E-state index is 0.0996. The highest BCUT2D eigenvalue weighted by molar-refractivity contribution is 7.99. The molecule has 1 heterocycles. The molecule has 0 saturated carbocycles. The van der Waals surface area contributed by atoms with E-state index < -0.39 is 0 Å². The summed E-state index contributed by atoms with van der Waals surface area (Å²) in [6.07, 6.45) is 0. The fraction of sp³-hybridized carbons (Fsp3) is 0.458. The van der Waals surface area contributed by atoms with E-state index >= 15 is 0 Å². The summed E-state index contributed by atoms with van der Waals surface area (Å²) in [5, 5.41) is 0.105. The van der Waals surface area contributed by atoms with Crippen LogP contribution in [0.4, 0.5) is 0 Å². The first kappa shape index (κ1) is 20.0. The van der Waals surface area contributed by atoms with Gasteiger partial charge < -0.3 is 4.90 Å². The maximum atomic E-state index is 13.1. The van der Waals surface area contributed by atoms with E-state index in [0.29, 0.717) is 0 Å². The van der Waals surface area contributed by atoms with Crippen LogP contribution >= 0.6 is 11.8 Å². The molecule has 0 radical (unpaired) electrons. The molecule has 1 saturated heterocycles. The van der Waals surface area contributed by atoms with Crippen LogP contribution in [0.5, 0.6) is 0 Å². The molecule has 2 aromatic carbocycles.